The van der Waals surface area contributed by atoms with Crippen LogP contribution in [0.25, 0.3) is 0 Å². The van der Waals surface area contributed by atoms with Crippen LogP contribution >= 0.6 is 0 Å². The molecule has 100 valence electrons. The van der Waals surface area contributed by atoms with Crippen molar-refractivity contribution in [3.63, 3.8) is 0 Å². The fourth-order valence-corrected chi connectivity index (χ4v) is 2.19. The number of H-pyrrole nitrogens is 1. The van der Waals surface area contributed by atoms with Crippen LogP contribution in [0.5, 0.6) is 0 Å². The van der Waals surface area contributed by atoms with Crippen molar-refractivity contribution in [2.75, 3.05) is 11.4 Å². The summed E-state index contributed by atoms with van der Waals surface area (Å²) in [5.41, 5.74) is 3.80. The molecule has 1 amide bonds. The molecule has 0 atom stereocenters. The maximum Gasteiger partial charge on any atom is 0.231 e. The maximum atomic E-state index is 12.4. The van der Waals surface area contributed by atoms with Gasteiger partial charge in [0.25, 0.3) is 0 Å². The fraction of sp³-hybridized carbons (Fsp3) is 0.333. The molecule has 0 aliphatic heterocycles. The molecule has 0 saturated heterocycles. The second kappa shape index (κ2) is 5.69. The van der Waals surface area contributed by atoms with Gasteiger partial charge < -0.3 is 4.90 Å². The smallest absolute Gasteiger partial charge is 0.231 e. The minimum Gasteiger partial charge on any atom is -0.312 e. The zero-order valence-electron chi connectivity index (χ0n) is 11.6. The number of aryl methyl sites for hydroxylation is 2. The highest BCUT2D eigenvalue weighted by molar-refractivity contribution is 5.94. The van der Waals surface area contributed by atoms with Crippen LogP contribution in [0.15, 0.2) is 30.3 Å². The van der Waals surface area contributed by atoms with E-state index in [9.17, 15) is 4.79 Å². The highest BCUT2D eigenvalue weighted by Gasteiger charge is 2.17. The molecule has 0 fully saturated rings. The Hall–Kier alpha value is -2.10. The standard InChI is InChI=1S/C15H19N3O/c1-4-18(13-8-6-5-7-9-13)15(19)10-14-11(2)16-17-12(14)3/h5-9H,4,10H2,1-3H3,(H,16,17). The number of amides is 1. The van der Waals surface area contributed by atoms with Crippen molar-refractivity contribution in [3.05, 3.63) is 47.3 Å². The van der Waals surface area contributed by atoms with Crippen LogP contribution in [0.1, 0.15) is 23.9 Å². The predicted molar refractivity (Wildman–Crippen MR) is 76.2 cm³/mol. The molecule has 1 aromatic heterocycles. The van der Waals surface area contributed by atoms with E-state index in [2.05, 4.69) is 10.2 Å². The lowest BCUT2D eigenvalue weighted by atomic mass is 10.1. The minimum atomic E-state index is 0.0984. The number of hydrogen-bond donors (Lipinski definition) is 1. The second-order valence-corrected chi connectivity index (χ2v) is 4.56. The van der Waals surface area contributed by atoms with Gasteiger partial charge in [-0.2, -0.15) is 5.10 Å². The number of carbonyl (C=O) groups excluding carboxylic acids is 1. The molecule has 1 heterocycles. The number of anilines is 1. The Morgan fingerprint density at radius 1 is 1.26 bits per heavy atom. The van der Waals surface area contributed by atoms with Gasteiger partial charge in [-0.1, -0.05) is 18.2 Å². The van der Waals surface area contributed by atoms with Gasteiger partial charge in [-0.3, -0.25) is 9.89 Å². The molecular formula is C15H19N3O. The molecule has 0 unspecified atom stereocenters. The molecule has 0 saturated carbocycles. The van der Waals surface area contributed by atoms with Crippen LogP contribution in [0.3, 0.4) is 0 Å². The van der Waals surface area contributed by atoms with Crippen molar-refractivity contribution >= 4 is 11.6 Å². The number of aromatic nitrogens is 2. The van der Waals surface area contributed by atoms with E-state index in [0.29, 0.717) is 13.0 Å². The zero-order valence-corrected chi connectivity index (χ0v) is 11.6. The first-order chi connectivity index (χ1) is 9.13. The summed E-state index contributed by atoms with van der Waals surface area (Å²) < 4.78 is 0. The van der Waals surface area contributed by atoms with Gasteiger partial charge in [-0.15, -0.1) is 0 Å². The van der Waals surface area contributed by atoms with Gasteiger partial charge in [0, 0.05) is 23.5 Å². The molecule has 0 aliphatic carbocycles. The molecule has 0 radical (unpaired) electrons. The van der Waals surface area contributed by atoms with Crippen LogP contribution in [-0.2, 0) is 11.2 Å². The fourth-order valence-electron chi connectivity index (χ4n) is 2.19. The average Bonchev–Trinajstić information content (AvgIpc) is 2.73. The Morgan fingerprint density at radius 3 is 2.47 bits per heavy atom. The second-order valence-electron chi connectivity index (χ2n) is 4.56. The largest absolute Gasteiger partial charge is 0.312 e. The molecule has 0 bridgehead atoms. The molecule has 2 rings (SSSR count). The Labute approximate surface area is 113 Å². The first-order valence-corrected chi connectivity index (χ1v) is 6.49. The van der Waals surface area contributed by atoms with Gasteiger partial charge in [0.2, 0.25) is 5.91 Å². The Morgan fingerprint density at radius 2 is 1.95 bits per heavy atom. The number of rotatable bonds is 4. The summed E-state index contributed by atoms with van der Waals surface area (Å²) in [7, 11) is 0. The quantitative estimate of drug-likeness (QED) is 0.915. The first kappa shape index (κ1) is 13.3. The van der Waals surface area contributed by atoms with Crippen molar-refractivity contribution in [2.24, 2.45) is 0 Å². The van der Waals surface area contributed by atoms with Crippen molar-refractivity contribution in [3.8, 4) is 0 Å². The van der Waals surface area contributed by atoms with E-state index < -0.39 is 0 Å². The number of para-hydroxylation sites is 1. The van der Waals surface area contributed by atoms with Crippen molar-refractivity contribution < 1.29 is 4.79 Å². The average molecular weight is 257 g/mol. The normalized spacial score (nSPS) is 10.5. The van der Waals surface area contributed by atoms with Crippen molar-refractivity contribution in [1.82, 2.24) is 10.2 Å². The summed E-state index contributed by atoms with van der Waals surface area (Å²) in [5.74, 6) is 0.0984. The van der Waals surface area contributed by atoms with E-state index in [-0.39, 0.29) is 5.91 Å². The summed E-state index contributed by atoms with van der Waals surface area (Å²) in [6.07, 6.45) is 0.386. The number of carbonyl (C=O) groups is 1. The molecular weight excluding hydrogens is 238 g/mol. The van der Waals surface area contributed by atoms with Gasteiger partial charge in [0.15, 0.2) is 0 Å². The Balaban J connectivity index is 2.19. The van der Waals surface area contributed by atoms with Gasteiger partial charge in [0.1, 0.15) is 0 Å². The van der Waals surface area contributed by atoms with Crippen LogP contribution < -0.4 is 4.90 Å². The minimum absolute atomic E-state index is 0.0984. The number of aromatic amines is 1. The highest BCUT2D eigenvalue weighted by Crippen LogP contribution is 2.17. The van der Waals surface area contributed by atoms with E-state index in [1.807, 2.05) is 51.1 Å². The van der Waals surface area contributed by atoms with Crippen molar-refractivity contribution in [2.45, 2.75) is 27.2 Å². The van der Waals surface area contributed by atoms with E-state index in [1.165, 1.54) is 0 Å². The zero-order chi connectivity index (χ0) is 13.8. The molecule has 1 N–H and O–H groups in total. The summed E-state index contributed by atoms with van der Waals surface area (Å²) in [6.45, 7) is 6.52. The lowest BCUT2D eigenvalue weighted by Gasteiger charge is -2.21. The molecule has 0 aliphatic rings. The SMILES string of the molecule is CCN(C(=O)Cc1c(C)n[nH]c1C)c1ccccc1. The summed E-state index contributed by atoms with van der Waals surface area (Å²) in [4.78, 5) is 14.2. The summed E-state index contributed by atoms with van der Waals surface area (Å²) in [6, 6.07) is 9.75. The monoisotopic (exact) mass is 257 g/mol. The summed E-state index contributed by atoms with van der Waals surface area (Å²) in [5, 5.41) is 7.05. The third-order valence-electron chi connectivity index (χ3n) is 3.29. The van der Waals surface area contributed by atoms with Crippen LogP contribution in [0.4, 0.5) is 5.69 Å². The number of benzene rings is 1. The molecule has 1 aromatic carbocycles. The number of hydrogen-bond acceptors (Lipinski definition) is 2. The maximum absolute atomic E-state index is 12.4. The number of nitrogens with one attached hydrogen (secondary N) is 1. The highest BCUT2D eigenvalue weighted by atomic mass is 16.2. The van der Waals surface area contributed by atoms with Gasteiger partial charge in [0.05, 0.1) is 12.1 Å². The number of likely N-dealkylation sites (N-methyl/N-ethyl adjacent to an activating group) is 1. The lowest BCUT2D eigenvalue weighted by molar-refractivity contribution is -0.117. The molecule has 4 heteroatoms. The molecule has 4 nitrogen and oxygen atoms in total. The molecule has 0 spiro atoms. The topological polar surface area (TPSA) is 49.0 Å². The van der Waals surface area contributed by atoms with E-state index in [0.717, 1.165) is 22.6 Å². The van der Waals surface area contributed by atoms with Gasteiger partial charge in [-0.05, 0) is 32.9 Å². The summed E-state index contributed by atoms with van der Waals surface area (Å²) >= 11 is 0. The van der Waals surface area contributed by atoms with Crippen molar-refractivity contribution in [1.29, 1.82) is 0 Å². The number of nitrogens with zero attached hydrogens (tertiary/aromatic N) is 2. The van der Waals surface area contributed by atoms with E-state index >= 15 is 0 Å². The lowest BCUT2D eigenvalue weighted by Crippen LogP contribution is -2.32. The Kier molecular flexibility index (Phi) is 4.00. The molecule has 19 heavy (non-hydrogen) atoms. The Bertz CT molecular complexity index is 541. The van der Waals surface area contributed by atoms with Gasteiger partial charge >= 0.3 is 0 Å². The van der Waals surface area contributed by atoms with Crippen LogP contribution in [0, 0.1) is 13.8 Å². The van der Waals surface area contributed by atoms with Crippen LogP contribution in [0.2, 0.25) is 0 Å². The van der Waals surface area contributed by atoms with Gasteiger partial charge in [-0.25, -0.2) is 0 Å². The van der Waals surface area contributed by atoms with E-state index in [4.69, 9.17) is 0 Å². The first-order valence-electron chi connectivity index (χ1n) is 6.49. The molecule has 2 aromatic rings. The predicted octanol–water partition coefficient (Wildman–Crippen LogP) is 2.62. The third kappa shape index (κ3) is 2.84. The third-order valence-corrected chi connectivity index (χ3v) is 3.29. The van der Waals surface area contributed by atoms with Crippen LogP contribution in [-0.4, -0.2) is 22.6 Å². The van der Waals surface area contributed by atoms with E-state index in [1.54, 1.807) is 4.90 Å².